The number of amides is 1. The summed E-state index contributed by atoms with van der Waals surface area (Å²) in [6, 6.07) is 5.96. The lowest BCUT2D eigenvalue weighted by molar-refractivity contribution is -0.132. The van der Waals surface area contributed by atoms with Gasteiger partial charge in [-0.05, 0) is 25.0 Å². The first-order chi connectivity index (χ1) is 8.34. The molecule has 0 spiro atoms. The Morgan fingerprint density at radius 1 is 1.18 bits per heavy atom. The van der Waals surface area contributed by atoms with E-state index in [1.165, 1.54) is 0 Å². The Morgan fingerprint density at radius 3 is 2.53 bits per heavy atom. The summed E-state index contributed by atoms with van der Waals surface area (Å²) >= 11 is 0. The number of piperazine rings is 1. The smallest absolute Gasteiger partial charge is 0.225 e. The van der Waals surface area contributed by atoms with Gasteiger partial charge in [-0.2, -0.15) is 0 Å². The molecule has 0 radical (unpaired) electrons. The van der Waals surface area contributed by atoms with Crippen LogP contribution in [0.3, 0.4) is 0 Å². The zero-order valence-corrected chi connectivity index (χ0v) is 9.88. The highest BCUT2D eigenvalue weighted by Crippen LogP contribution is 2.31. The predicted molar refractivity (Wildman–Crippen MR) is 65.8 cm³/mol. The number of rotatable bonds is 2. The van der Waals surface area contributed by atoms with Gasteiger partial charge >= 0.3 is 0 Å². The van der Waals surface area contributed by atoms with Gasteiger partial charge in [0, 0.05) is 38.3 Å². The second-order valence-corrected chi connectivity index (χ2v) is 4.77. The lowest BCUT2D eigenvalue weighted by Crippen LogP contribution is -2.49. The molecule has 4 heteroatoms. The standard InChI is InChI=1S/C13H17N3O/c17-13(11-4-5-11)16-9-7-15(8-10-16)12-3-1-2-6-14-12/h1-3,6,11H,4-5,7-10H2. The molecule has 0 unspecified atom stereocenters. The minimum absolute atomic E-state index is 0.344. The van der Waals surface area contributed by atoms with Crippen LogP contribution in [0, 0.1) is 5.92 Å². The molecule has 0 aromatic carbocycles. The zero-order chi connectivity index (χ0) is 11.7. The van der Waals surface area contributed by atoms with E-state index in [2.05, 4.69) is 9.88 Å². The Labute approximate surface area is 101 Å². The van der Waals surface area contributed by atoms with Crippen LogP contribution in [0.5, 0.6) is 0 Å². The fraction of sp³-hybridized carbons (Fsp3) is 0.538. The minimum atomic E-state index is 0.344. The number of hydrogen-bond acceptors (Lipinski definition) is 3. The predicted octanol–water partition coefficient (Wildman–Crippen LogP) is 1.14. The van der Waals surface area contributed by atoms with Crippen LogP contribution >= 0.6 is 0 Å². The molecule has 4 nitrogen and oxygen atoms in total. The highest BCUT2D eigenvalue weighted by molar-refractivity contribution is 5.81. The maximum atomic E-state index is 11.9. The van der Waals surface area contributed by atoms with E-state index in [1.54, 1.807) is 0 Å². The van der Waals surface area contributed by atoms with Crippen LogP contribution in [-0.2, 0) is 4.79 Å². The van der Waals surface area contributed by atoms with E-state index in [4.69, 9.17) is 0 Å². The molecule has 17 heavy (non-hydrogen) atoms. The number of carbonyl (C=O) groups is 1. The molecule has 1 amide bonds. The Balaban J connectivity index is 1.58. The fourth-order valence-electron chi connectivity index (χ4n) is 2.29. The van der Waals surface area contributed by atoms with Crippen LogP contribution in [0.25, 0.3) is 0 Å². The summed E-state index contributed by atoms with van der Waals surface area (Å²) in [6.07, 6.45) is 4.01. The number of carbonyl (C=O) groups excluding carboxylic acids is 1. The number of pyridine rings is 1. The van der Waals surface area contributed by atoms with Gasteiger partial charge < -0.3 is 9.80 Å². The number of aromatic nitrogens is 1. The van der Waals surface area contributed by atoms with Crippen molar-refractivity contribution >= 4 is 11.7 Å². The lowest BCUT2D eigenvalue weighted by Gasteiger charge is -2.35. The van der Waals surface area contributed by atoms with Crippen molar-refractivity contribution in [2.75, 3.05) is 31.1 Å². The first-order valence-corrected chi connectivity index (χ1v) is 6.29. The summed E-state index contributed by atoms with van der Waals surface area (Å²) < 4.78 is 0. The van der Waals surface area contributed by atoms with Crippen molar-refractivity contribution in [2.24, 2.45) is 5.92 Å². The van der Waals surface area contributed by atoms with Crippen molar-refractivity contribution < 1.29 is 4.79 Å². The molecular weight excluding hydrogens is 214 g/mol. The summed E-state index contributed by atoms with van der Waals surface area (Å²) in [7, 11) is 0. The average Bonchev–Trinajstić information content (AvgIpc) is 3.24. The van der Waals surface area contributed by atoms with E-state index < -0.39 is 0 Å². The van der Waals surface area contributed by atoms with E-state index in [0.717, 1.165) is 44.8 Å². The van der Waals surface area contributed by atoms with Crippen molar-refractivity contribution in [2.45, 2.75) is 12.8 Å². The number of hydrogen-bond donors (Lipinski definition) is 0. The average molecular weight is 231 g/mol. The Kier molecular flexibility index (Phi) is 2.71. The summed E-state index contributed by atoms with van der Waals surface area (Å²) in [4.78, 5) is 20.5. The summed E-state index contributed by atoms with van der Waals surface area (Å²) in [5, 5.41) is 0. The molecule has 1 aliphatic carbocycles. The molecule has 1 aromatic rings. The van der Waals surface area contributed by atoms with Crippen molar-refractivity contribution in [3.63, 3.8) is 0 Å². The Bertz CT molecular complexity index is 394. The fourth-order valence-corrected chi connectivity index (χ4v) is 2.29. The topological polar surface area (TPSA) is 36.4 Å². The van der Waals surface area contributed by atoms with Crippen LogP contribution < -0.4 is 4.90 Å². The first-order valence-electron chi connectivity index (χ1n) is 6.29. The van der Waals surface area contributed by atoms with E-state index in [1.807, 2.05) is 29.3 Å². The molecule has 2 heterocycles. The molecule has 0 bridgehead atoms. The van der Waals surface area contributed by atoms with Crippen molar-refractivity contribution in [1.29, 1.82) is 0 Å². The Hall–Kier alpha value is -1.58. The molecule has 2 fully saturated rings. The molecule has 1 aromatic heterocycles. The minimum Gasteiger partial charge on any atom is -0.353 e. The Morgan fingerprint density at radius 2 is 1.94 bits per heavy atom. The molecular formula is C13H17N3O. The van der Waals surface area contributed by atoms with Crippen LogP contribution in [0.2, 0.25) is 0 Å². The summed E-state index contributed by atoms with van der Waals surface area (Å²) in [5.41, 5.74) is 0. The van der Waals surface area contributed by atoms with Gasteiger partial charge in [0.15, 0.2) is 0 Å². The summed E-state index contributed by atoms with van der Waals surface area (Å²) in [6.45, 7) is 3.47. The van der Waals surface area contributed by atoms with Gasteiger partial charge in [-0.1, -0.05) is 6.07 Å². The quantitative estimate of drug-likeness (QED) is 0.766. The van der Waals surface area contributed by atoms with E-state index in [0.29, 0.717) is 11.8 Å². The third-order valence-corrected chi connectivity index (χ3v) is 3.49. The third kappa shape index (κ3) is 2.25. The van der Waals surface area contributed by atoms with Gasteiger partial charge in [0.1, 0.15) is 5.82 Å². The number of anilines is 1. The van der Waals surface area contributed by atoms with Gasteiger partial charge in [-0.3, -0.25) is 4.79 Å². The van der Waals surface area contributed by atoms with Gasteiger partial charge in [-0.25, -0.2) is 4.98 Å². The van der Waals surface area contributed by atoms with Crippen LogP contribution in [0.1, 0.15) is 12.8 Å². The van der Waals surface area contributed by atoms with Gasteiger partial charge in [0.2, 0.25) is 5.91 Å². The molecule has 2 aliphatic rings. The molecule has 0 atom stereocenters. The van der Waals surface area contributed by atoms with Crippen LogP contribution in [0.4, 0.5) is 5.82 Å². The van der Waals surface area contributed by atoms with Crippen LogP contribution in [0.15, 0.2) is 24.4 Å². The monoisotopic (exact) mass is 231 g/mol. The second kappa shape index (κ2) is 4.35. The lowest BCUT2D eigenvalue weighted by atomic mass is 10.2. The van der Waals surface area contributed by atoms with E-state index >= 15 is 0 Å². The van der Waals surface area contributed by atoms with Gasteiger partial charge in [0.25, 0.3) is 0 Å². The molecule has 1 saturated heterocycles. The van der Waals surface area contributed by atoms with Crippen LogP contribution in [-0.4, -0.2) is 42.0 Å². The highest BCUT2D eigenvalue weighted by Gasteiger charge is 2.34. The van der Waals surface area contributed by atoms with Gasteiger partial charge in [0.05, 0.1) is 0 Å². The summed E-state index contributed by atoms with van der Waals surface area (Å²) in [5.74, 6) is 1.73. The van der Waals surface area contributed by atoms with E-state index in [9.17, 15) is 4.79 Å². The molecule has 90 valence electrons. The highest BCUT2D eigenvalue weighted by atomic mass is 16.2. The maximum absolute atomic E-state index is 11.9. The molecule has 1 aliphatic heterocycles. The normalized spacial score (nSPS) is 20.5. The van der Waals surface area contributed by atoms with Crippen molar-refractivity contribution in [1.82, 2.24) is 9.88 Å². The molecule has 1 saturated carbocycles. The number of nitrogens with zero attached hydrogens (tertiary/aromatic N) is 3. The SMILES string of the molecule is O=C(C1CC1)N1CCN(c2ccccn2)CC1. The first kappa shape index (κ1) is 10.6. The van der Waals surface area contributed by atoms with Gasteiger partial charge in [-0.15, -0.1) is 0 Å². The zero-order valence-electron chi connectivity index (χ0n) is 9.88. The second-order valence-electron chi connectivity index (χ2n) is 4.77. The van der Waals surface area contributed by atoms with E-state index in [-0.39, 0.29) is 0 Å². The molecule has 3 rings (SSSR count). The van der Waals surface area contributed by atoms with Crippen molar-refractivity contribution in [3.05, 3.63) is 24.4 Å². The largest absolute Gasteiger partial charge is 0.353 e. The van der Waals surface area contributed by atoms with Crippen molar-refractivity contribution in [3.8, 4) is 0 Å². The third-order valence-electron chi connectivity index (χ3n) is 3.49. The molecule has 0 N–H and O–H groups in total. The maximum Gasteiger partial charge on any atom is 0.225 e.